The smallest absolute Gasteiger partial charge is 0.311 e. The quantitative estimate of drug-likeness (QED) is 0.0741. The minimum atomic E-state index is -0.273. The van der Waals surface area contributed by atoms with Crippen LogP contribution < -0.4 is 0 Å². The van der Waals surface area contributed by atoms with Crippen molar-refractivity contribution in [3.63, 3.8) is 0 Å². The first-order valence-electron chi connectivity index (χ1n) is 16.8. The summed E-state index contributed by atoms with van der Waals surface area (Å²) < 4.78 is 5.77. The summed E-state index contributed by atoms with van der Waals surface area (Å²) in [6.45, 7) is 9.58. The van der Waals surface area contributed by atoms with Gasteiger partial charge in [-0.05, 0) is 26.2 Å². The summed E-state index contributed by atoms with van der Waals surface area (Å²) in [4.78, 5) is 13.0. The van der Waals surface area contributed by atoms with Crippen LogP contribution in [0.4, 0.5) is 0 Å². The molecule has 216 valence electrons. The first-order valence-corrected chi connectivity index (χ1v) is 16.8. The van der Waals surface area contributed by atoms with Gasteiger partial charge in [0, 0.05) is 0 Å². The molecule has 0 N–H and O–H groups in total. The number of ether oxygens (including phenoxy) is 1. The molecule has 0 saturated carbocycles. The largest absolute Gasteiger partial charge is 0.465 e. The lowest BCUT2D eigenvalue weighted by atomic mass is 9.79. The van der Waals surface area contributed by atoms with E-state index in [1.807, 2.05) is 0 Å². The normalized spacial score (nSPS) is 13.1. The summed E-state index contributed by atoms with van der Waals surface area (Å²) in [5.41, 5.74) is -0.273. The van der Waals surface area contributed by atoms with E-state index in [9.17, 15) is 4.79 Å². The zero-order chi connectivity index (χ0) is 26.6. The van der Waals surface area contributed by atoms with Crippen LogP contribution in [0.15, 0.2) is 0 Å². The van der Waals surface area contributed by atoms with E-state index in [4.69, 9.17) is 4.74 Å². The Balaban J connectivity index is 4.10. The third kappa shape index (κ3) is 22.7. The zero-order valence-corrected chi connectivity index (χ0v) is 25.6. The molecule has 0 rings (SSSR count). The predicted octanol–water partition coefficient (Wildman–Crippen LogP) is 12.1. The first kappa shape index (κ1) is 35.5. The maximum atomic E-state index is 13.0. The van der Waals surface area contributed by atoms with Crippen LogP contribution in [0.5, 0.6) is 0 Å². The highest BCUT2D eigenvalue weighted by Crippen LogP contribution is 2.33. The van der Waals surface area contributed by atoms with Gasteiger partial charge in [0.2, 0.25) is 0 Å². The van der Waals surface area contributed by atoms with Crippen LogP contribution in [-0.2, 0) is 9.53 Å². The van der Waals surface area contributed by atoms with E-state index in [0.29, 0.717) is 6.61 Å². The number of rotatable bonds is 29. The molecule has 1 atom stereocenters. The second-order valence-electron chi connectivity index (χ2n) is 12.0. The monoisotopic (exact) mass is 509 g/mol. The Kier molecular flexibility index (Phi) is 27.1. The van der Waals surface area contributed by atoms with Crippen molar-refractivity contribution in [3.8, 4) is 0 Å². The first-order chi connectivity index (χ1) is 17.6. The van der Waals surface area contributed by atoms with E-state index >= 15 is 0 Å². The summed E-state index contributed by atoms with van der Waals surface area (Å²) >= 11 is 0. The predicted molar refractivity (Wildman–Crippen MR) is 161 cm³/mol. The average molecular weight is 509 g/mol. The van der Waals surface area contributed by atoms with E-state index < -0.39 is 0 Å². The molecule has 0 amide bonds. The van der Waals surface area contributed by atoms with Crippen molar-refractivity contribution in [1.82, 2.24) is 0 Å². The van der Waals surface area contributed by atoms with Crippen molar-refractivity contribution in [1.29, 1.82) is 0 Å². The molecule has 2 nitrogen and oxygen atoms in total. The standard InChI is InChI=1S/C34H68O2/c1-5-8-11-13-15-17-19-20-22-24-26-28-31-34(4,33(35)36-32-29-10-7-3)30-27-25-23-21-18-16-14-12-9-6-2/h5-32H2,1-4H3. The summed E-state index contributed by atoms with van der Waals surface area (Å²) in [5, 5.41) is 0. The average Bonchev–Trinajstić information content (AvgIpc) is 2.88. The van der Waals surface area contributed by atoms with Crippen LogP contribution in [0.3, 0.4) is 0 Å². The number of esters is 1. The molecule has 0 aliphatic carbocycles. The highest BCUT2D eigenvalue weighted by Gasteiger charge is 2.33. The van der Waals surface area contributed by atoms with Crippen molar-refractivity contribution >= 4 is 5.97 Å². The van der Waals surface area contributed by atoms with Crippen molar-refractivity contribution in [3.05, 3.63) is 0 Å². The molecule has 0 bridgehead atoms. The molecule has 0 radical (unpaired) electrons. The molecular formula is C34H68O2. The van der Waals surface area contributed by atoms with Gasteiger partial charge in [-0.25, -0.2) is 0 Å². The molecule has 0 aliphatic rings. The number of hydrogen-bond acceptors (Lipinski definition) is 2. The summed E-state index contributed by atoms with van der Waals surface area (Å²) in [6, 6.07) is 0. The molecule has 0 heterocycles. The van der Waals surface area contributed by atoms with Crippen LogP contribution in [0.25, 0.3) is 0 Å². The third-order valence-corrected chi connectivity index (χ3v) is 8.14. The van der Waals surface area contributed by atoms with E-state index in [1.54, 1.807) is 0 Å². The molecule has 0 aromatic heterocycles. The Hall–Kier alpha value is -0.530. The summed E-state index contributed by atoms with van der Waals surface area (Å²) in [6.07, 6.45) is 35.2. The van der Waals surface area contributed by atoms with E-state index in [0.717, 1.165) is 25.7 Å². The van der Waals surface area contributed by atoms with Crippen molar-refractivity contribution in [2.24, 2.45) is 5.41 Å². The van der Waals surface area contributed by atoms with E-state index in [2.05, 4.69) is 27.7 Å². The highest BCUT2D eigenvalue weighted by molar-refractivity contribution is 5.76. The van der Waals surface area contributed by atoms with Gasteiger partial charge in [0.25, 0.3) is 0 Å². The lowest BCUT2D eigenvalue weighted by molar-refractivity contribution is -0.156. The van der Waals surface area contributed by atoms with Crippen molar-refractivity contribution in [2.75, 3.05) is 6.61 Å². The fraction of sp³-hybridized carbons (Fsp3) is 0.971. The van der Waals surface area contributed by atoms with Gasteiger partial charge in [-0.15, -0.1) is 0 Å². The Morgan fingerprint density at radius 3 is 1.06 bits per heavy atom. The lowest BCUT2D eigenvalue weighted by Gasteiger charge is -2.27. The van der Waals surface area contributed by atoms with E-state index in [-0.39, 0.29) is 11.4 Å². The highest BCUT2D eigenvalue weighted by atomic mass is 16.5. The minimum absolute atomic E-state index is 0.0811. The van der Waals surface area contributed by atoms with Gasteiger partial charge in [0.15, 0.2) is 0 Å². The summed E-state index contributed by atoms with van der Waals surface area (Å²) in [7, 11) is 0. The molecule has 1 unspecified atom stereocenters. The van der Waals surface area contributed by atoms with Crippen LogP contribution >= 0.6 is 0 Å². The maximum absolute atomic E-state index is 13.0. The number of hydrogen-bond donors (Lipinski definition) is 0. The van der Waals surface area contributed by atoms with Crippen LogP contribution in [0.1, 0.15) is 201 Å². The Morgan fingerprint density at radius 2 is 0.722 bits per heavy atom. The minimum Gasteiger partial charge on any atom is -0.465 e. The van der Waals surface area contributed by atoms with Crippen LogP contribution in [0.2, 0.25) is 0 Å². The second-order valence-corrected chi connectivity index (χ2v) is 12.0. The Morgan fingerprint density at radius 1 is 0.444 bits per heavy atom. The van der Waals surface area contributed by atoms with E-state index in [1.165, 1.54) is 148 Å². The van der Waals surface area contributed by atoms with Gasteiger partial charge >= 0.3 is 5.97 Å². The number of unbranched alkanes of at least 4 members (excludes halogenated alkanes) is 22. The fourth-order valence-electron chi connectivity index (χ4n) is 5.38. The zero-order valence-electron chi connectivity index (χ0n) is 25.6. The molecule has 36 heavy (non-hydrogen) atoms. The topological polar surface area (TPSA) is 26.3 Å². The maximum Gasteiger partial charge on any atom is 0.311 e. The number of carbonyl (C=O) groups excluding carboxylic acids is 1. The van der Waals surface area contributed by atoms with Gasteiger partial charge in [0.1, 0.15) is 0 Å². The van der Waals surface area contributed by atoms with Crippen LogP contribution in [0, 0.1) is 5.41 Å². The van der Waals surface area contributed by atoms with Crippen molar-refractivity contribution in [2.45, 2.75) is 201 Å². The molecule has 0 fully saturated rings. The fourth-order valence-corrected chi connectivity index (χ4v) is 5.38. The van der Waals surface area contributed by atoms with Gasteiger partial charge in [0.05, 0.1) is 12.0 Å². The molecule has 2 heteroatoms. The van der Waals surface area contributed by atoms with Crippen molar-refractivity contribution < 1.29 is 9.53 Å². The van der Waals surface area contributed by atoms with Gasteiger partial charge in [-0.1, -0.05) is 175 Å². The molecule has 0 aliphatic heterocycles. The molecule has 0 spiro atoms. The molecular weight excluding hydrogens is 440 g/mol. The SMILES string of the molecule is CCCCCCCCCCCCCCC(C)(CCCCCCCCCCCC)C(=O)OCCCCC. The van der Waals surface area contributed by atoms with Gasteiger partial charge in [-0.2, -0.15) is 0 Å². The van der Waals surface area contributed by atoms with Gasteiger partial charge in [-0.3, -0.25) is 4.79 Å². The Labute approximate surface area is 228 Å². The molecule has 0 aromatic carbocycles. The lowest BCUT2D eigenvalue weighted by Crippen LogP contribution is -2.30. The van der Waals surface area contributed by atoms with Crippen LogP contribution in [-0.4, -0.2) is 12.6 Å². The molecule has 0 saturated heterocycles. The number of carbonyl (C=O) groups is 1. The van der Waals surface area contributed by atoms with Gasteiger partial charge < -0.3 is 4.74 Å². The Bertz CT molecular complexity index is 446. The third-order valence-electron chi connectivity index (χ3n) is 8.14. The summed E-state index contributed by atoms with van der Waals surface area (Å²) in [5.74, 6) is 0.0811. The second kappa shape index (κ2) is 27.5. The molecule has 0 aromatic rings.